The summed E-state index contributed by atoms with van der Waals surface area (Å²) in [4.78, 5) is 37.0. The van der Waals surface area contributed by atoms with Gasteiger partial charge in [-0.3, -0.25) is 9.59 Å². The second kappa shape index (κ2) is 7.63. The fourth-order valence-electron chi connectivity index (χ4n) is 4.32. The number of hydrogen-bond donors (Lipinski definition) is 0. The van der Waals surface area contributed by atoms with Crippen LogP contribution in [0.1, 0.15) is 25.8 Å². The van der Waals surface area contributed by atoms with E-state index in [1.54, 1.807) is 32.0 Å². The van der Waals surface area contributed by atoms with Crippen LogP contribution in [0.2, 0.25) is 5.02 Å². The average Bonchev–Trinajstić information content (AvgIpc) is 3.37. The normalized spacial score (nSPS) is 28.3. The van der Waals surface area contributed by atoms with E-state index in [1.165, 1.54) is 6.21 Å². The van der Waals surface area contributed by atoms with E-state index in [9.17, 15) is 14.4 Å². The van der Waals surface area contributed by atoms with Gasteiger partial charge in [-0.2, -0.15) is 10.1 Å². The van der Waals surface area contributed by atoms with E-state index in [4.69, 9.17) is 21.1 Å². The fourth-order valence-corrected chi connectivity index (χ4v) is 4.55. The van der Waals surface area contributed by atoms with E-state index in [-0.39, 0.29) is 47.1 Å². The number of fused-ring (bicyclic) bond motifs is 5. The lowest BCUT2D eigenvalue weighted by atomic mass is 9.85. The molecule has 7 nitrogen and oxygen atoms in total. The molecule has 1 aliphatic heterocycles. The molecule has 1 heterocycles. The summed E-state index contributed by atoms with van der Waals surface area (Å²) in [5.41, 5.74) is 0.602. The molecule has 0 radical (unpaired) electrons. The van der Waals surface area contributed by atoms with Crippen molar-refractivity contribution in [2.75, 3.05) is 6.61 Å². The molecule has 2 bridgehead atoms. The summed E-state index contributed by atoms with van der Waals surface area (Å²) in [6, 6.07) is 4.88. The van der Waals surface area contributed by atoms with Gasteiger partial charge in [-0.25, -0.2) is 4.79 Å². The number of ether oxygens (including phenoxy) is 2. The van der Waals surface area contributed by atoms with E-state index in [0.717, 1.165) is 11.4 Å². The number of rotatable bonds is 6. The molecule has 0 unspecified atom stereocenters. The Hall–Kier alpha value is -2.67. The number of allylic oxidation sites excluding steroid dienone is 2. The van der Waals surface area contributed by atoms with Crippen LogP contribution in [0.25, 0.3) is 0 Å². The number of carbonyl (C=O) groups excluding carboxylic acids is 3. The van der Waals surface area contributed by atoms with Crippen molar-refractivity contribution in [2.45, 2.75) is 26.4 Å². The summed E-state index contributed by atoms with van der Waals surface area (Å²) in [6.07, 6.45) is 5.60. The van der Waals surface area contributed by atoms with Gasteiger partial charge in [0.15, 0.2) is 6.10 Å². The SMILES string of the molecule is CCOC(=O)[C@H](C)Oc1ccc(C=NN2C(=O)[C@@H]3[C@H](C2=O)[C@H]2C=C[C@H]3C2)cc1Cl. The zero-order chi connectivity index (χ0) is 20.7. The average molecular weight is 417 g/mol. The van der Waals surface area contributed by atoms with Crippen LogP contribution in [0.5, 0.6) is 5.75 Å². The molecule has 0 N–H and O–H groups in total. The van der Waals surface area contributed by atoms with Crippen LogP contribution in [0.15, 0.2) is 35.5 Å². The predicted molar refractivity (Wildman–Crippen MR) is 105 cm³/mol. The summed E-state index contributed by atoms with van der Waals surface area (Å²) >= 11 is 6.24. The molecular formula is C21H21ClN2O5. The first-order valence-electron chi connectivity index (χ1n) is 9.63. The summed E-state index contributed by atoms with van der Waals surface area (Å²) < 4.78 is 10.4. The summed E-state index contributed by atoms with van der Waals surface area (Å²) in [6.45, 7) is 3.56. The molecule has 1 aromatic carbocycles. The molecule has 29 heavy (non-hydrogen) atoms. The minimum atomic E-state index is -0.796. The quantitative estimate of drug-likeness (QED) is 0.308. The van der Waals surface area contributed by atoms with Gasteiger partial charge in [-0.05, 0) is 55.9 Å². The van der Waals surface area contributed by atoms with Crippen LogP contribution < -0.4 is 4.74 Å². The number of imide groups is 1. The first-order chi connectivity index (χ1) is 13.9. The van der Waals surface area contributed by atoms with Crippen molar-refractivity contribution >= 4 is 35.6 Å². The molecule has 2 fully saturated rings. The van der Waals surface area contributed by atoms with Crippen LogP contribution in [0.3, 0.4) is 0 Å². The largest absolute Gasteiger partial charge is 0.477 e. The van der Waals surface area contributed by atoms with Crippen LogP contribution in [0, 0.1) is 23.7 Å². The van der Waals surface area contributed by atoms with Crippen LogP contribution >= 0.6 is 11.6 Å². The molecule has 8 heteroatoms. The van der Waals surface area contributed by atoms with Crippen molar-refractivity contribution in [1.29, 1.82) is 0 Å². The van der Waals surface area contributed by atoms with Crippen molar-refractivity contribution < 1.29 is 23.9 Å². The predicted octanol–water partition coefficient (Wildman–Crippen LogP) is 2.81. The van der Waals surface area contributed by atoms with E-state index in [0.29, 0.717) is 11.3 Å². The van der Waals surface area contributed by atoms with Gasteiger partial charge in [0.2, 0.25) is 0 Å². The molecule has 4 rings (SSSR count). The smallest absolute Gasteiger partial charge is 0.347 e. The Balaban J connectivity index is 1.44. The van der Waals surface area contributed by atoms with Gasteiger partial charge in [0.25, 0.3) is 11.8 Å². The molecule has 0 aromatic heterocycles. The second-order valence-corrected chi connectivity index (χ2v) is 7.84. The van der Waals surface area contributed by atoms with Gasteiger partial charge < -0.3 is 9.47 Å². The monoisotopic (exact) mass is 416 g/mol. The number of hydrazone groups is 1. The minimum absolute atomic E-state index is 0.147. The lowest BCUT2D eigenvalue weighted by Crippen LogP contribution is -2.28. The summed E-state index contributed by atoms with van der Waals surface area (Å²) in [7, 11) is 0. The number of benzene rings is 1. The topological polar surface area (TPSA) is 85.3 Å². The number of carbonyl (C=O) groups is 3. The first-order valence-corrected chi connectivity index (χ1v) is 10.0. The Bertz CT molecular complexity index is 898. The molecule has 1 aromatic rings. The van der Waals surface area contributed by atoms with E-state index in [1.807, 2.05) is 12.2 Å². The maximum atomic E-state index is 12.6. The van der Waals surface area contributed by atoms with Crippen LogP contribution in [-0.2, 0) is 19.1 Å². The zero-order valence-electron chi connectivity index (χ0n) is 16.1. The summed E-state index contributed by atoms with van der Waals surface area (Å²) in [5.74, 6) is -0.881. The Labute approximate surface area is 173 Å². The second-order valence-electron chi connectivity index (χ2n) is 7.43. The van der Waals surface area contributed by atoms with Crippen LogP contribution in [0.4, 0.5) is 0 Å². The van der Waals surface area contributed by atoms with Gasteiger partial charge in [0.1, 0.15) is 5.75 Å². The number of hydrogen-bond acceptors (Lipinski definition) is 6. The van der Waals surface area contributed by atoms with Gasteiger partial charge in [-0.15, -0.1) is 0 Å². The highest BCUT2D eigenvalue weighted by atomic mass is 35.5. The lowest BCUT2D eigenvalue weighted by Gasteiger charge is -2.14. The fraction of sp³-hybridized carbons (Fsp3) is 0.429. The van der Waals surface area contributed by atoms with E-state index in [2.05, 4.69) is 5.10 Å². The van der Waals surface area contributed by atoms with Gasteiger partial charge in [0.05, 0.1) is 29.7 Å². The molecular weight excluding hydrogens is 396 g/mol. The molecule has 3 aliphatic rings. The molecule has 2 aliphatic carbocycles. The van der Waals surface area contributed by atoms with Crippen molar-refractivity contribution in [2.24, 2.45) is 28.8 Å². The Morgan fingerprint density at radius 2 is 1.93 bits per heavy atom. The highest BCUT2D eigenvalue weighted by molar-refractivity contribution is 6.32. The van der Waals surface area contributed by atoms with E-state index < -0.39 is 12.1 Å². The Morgan fingerprint density at radius 3 is 2.52 bits per heavy atom. The molecule has 2 amide bonds. The van der Waals surface area contributed by atoms with Crippen molar-refractivity contribution in [3.05, 3.63) is 40.9 Å². The van der Waals surface area contributed by atoms with Gasteiger partial charge in [-0.1, -0.05) is 23.8 Å². The highest BCUT2D eigenvalue weighted by Crippen LogP contribution is 2.52. The number of nitrogens with zero attached hydrogens (tertiary/aromatic N) is 2. The molecule has 1 saturated carbocycles. The van der Waals surface area contributed by atoms with E-state index >= 15 is 0 Å². The third kappa shape index (κ3) is 3.44. The first kappa shape index (κ1) is 19.6. The van der Waals surface area contributed by atoms with Crippen molar-refractivity contribution in [3.8, 4) is 5.75 Å². The van der Waals surface area contributed by atoms with Crippen molar-refractivity contribution in [1.82, 2.24) is 5.01 Å². The molecule has 1 saturated heterocycles. The van der Waals surface area contributed by atoms with Crippen LogP contribution in [-0.4, -0.2) is 41.7 Å². The number of halogens is 1. The third-order valence-corrected chi connectivity index (χ3v) is 5.94. The Kier molecular flexibility index (Phi) is 5.17. The minimum Gasteiger partial charge on any atom is -0.477 e. The number of esters is 1. The zero-order valence-corrected chi connectivity index (χ0v) is 16.8. The maximum Gasteiger partial charge on any atom is 0.347 e. The standard InChI is InChI=1S/C21H21ClN2O5/c1-3-28-21(27)11(2)29-16-7-4-12(8-15(16)22)10-23-24-19(25)17-13-5-6-14(9-13)18(17)20(24)26/h4-8,10-11,13-14,17-18H,3,9H2,1-2H3/t11-,13-,14-,17-,18+/m0/s1. The molecule has 5 atom stereocenters. The van der Waals surface area contributed by atoms with Gasteiger partial charge in [0, 0.05) is 0 Å². The Morgan fingerprint density at radius 1 is 1.28 bits per heavy atom. The number of amides is 2. The maximum absolute atomic E-state index is 12.6. The molecule has 152 valence electrons. The molecule has 0 spiro atoms. The lowest BCUT2D eigenvalue weighted by molar-refractivity contribution is -0.150. The third-order valence-electron chi connectivity index (χ3n) is 5.65. The summed E-state index contributed by atoms with van der Waals surface area (Å²) in [5, 5.41) is 5.40. The van der Waals surface area contributed by atoms with Crippen molar-refractivity contribution in [3.63, 3.8) is 0 Å². The van der Waals surface area contributed by atoms with Gasteiger partial charge >= 0.3 is 5.97 Å². The highest BCUT2D eigenvalue weighted by Gasteiger charge is 2.59.